The van der Waals surface area contributed by atoms with Crippen molar-refractivity contribution in [1.29, 1.82) is 0 Å². The highest BCUT2D eigenvalue weighted by molar-refractivity contribution is 6.30. The molecule has 0 amide bonds. The van der Waals surface area contributed by atoms with Gasteiger partial charge in [-0.1, -0.05) is 23.7 Å². The minimum absolute atomic E-state index is 0.283. The molecule has 1 heterocycles. The summed E-state index contributed by atoms with van der Waals surface area (Å²) in [4.78, 5) is 2.45. The van der Waals surface area contributed by atoms with Crippen molar-refractivity contribution < 1.29 is 5.11 Å². The lowest BCUT2D eigenvalue weighted by Gasteiger charge is -2.35. The van der Waals surface area contributed by atoms with E-state index >= 15 is 0 Å². The second kappa shape index (κ2) is 8.88. The summed E-state index contributed by atoms with van der Waals surface area (Å²) in [5, 5.41) is 14.0. The van der Waals surface area contributed by atoms with Gasteiger partial charge in [-0.05, 0) is 69.8 Å². The molecule has 1 unspecified atom stereocenters. The topological polar surface area (TPSA) is 35.5 Å². The first kappa shape index (κ1) is 17.7. The normalized spacial score (nSPS) is 19.3. The Kier molecular flexibility index (Phi) is 7.16. The number of aliphatic hydroxyl groups is 1. The first-order chi connectivity index (χ1) is 10.5. The number of nitrogens with zero attached hydrogens (tertiary/aromatic N) is 1. The summed E-state index contributed by atoms with van der Waals surface area (Å²) in [6, 6.07) is 8.53. The van der Waals surface area contributed by atoms with Crippen LogP contribution in [-0.4, -0.2) is 48.3 Å². The predicted molar refractivity (Wildman–Crippen MR) is 93.5 cm³/mol. The van der Waals surface area contributed by atoms with Crippen LogP contribution in [0.4, 0.5) is 0 Å². The maximum absolute atomic E-state index is 9.83. The van der Waals surface area contributed by atoms with Crippen LogP contribution in [0, 0.1) is 5.92 Å². The average Bonchev–Trinajstić information content (AvgIpc) is 2.49. The van der Waals surface area contributed by atoms with Crippen molar-refractivity contribution >= 4 is 11.6 Å². The van der Waals surface area contributed by atoms with E-state index in [2.05, 4.69) is 29.3 Å². The Morgan fingerprint density at radius 1 is 1.23 bits per heavy atom. The van der Waals surface area contributed by atoms with Crippen LogP contribution in [0.15, 0.2) is 24.3 Å². The van der Waals surface area contributed by atoms with Crippen molar-refractivity contribution in [2.24, 2.45) is 5.92 Å². The number of benzene rings is 1. The molecule has 1 saturated heterocycles. The van der Waals surface area contributed by atoms with Gasteiger partial charge in [0.25, 0.3) is 0 Å². The summed E-state index contributed by atoms with van der Waals surface area (Å²) in [5.74, 6) is 0.743. The van der Waals surface area contributed by atoms with Crippen LogP contribution < -0.4 is 5.32 Å². The molecule has 0 radical (unpaired) electrons. The molecule has 0 aliphatic carbocycles. The first-order valence-corrected chi connectivity index (χ1v) is 8.79. The molecule has 0 spiro atoms. The Labute approximate surface area is 139 Å². The van der Waals surface area contributed by atoms with Gasteiger partial charge < -0.3 is 10.4 Å². The summed E-state index contributed by atoms with van der Waals surface area (Å²) in [5.41, 5.74) is 1.30. The molecule has 1 aliphatic heterocycles. The standard InChI is InChI=1S/C18H29ClN2O/c1-14(11-16-3-5-18(19)6-4-16)21(12-15(2)22)13-17-7-9-20-10-8-17/h3-6,14-15,17,20,22H,7-13H2,1-2H3/t14?,15-/m1/s1. The Bertz CT molecular complexity index is 429. The second-order valence-corrected chi connectivity index (χ2v) is 7.11. The van der Waals surface area contributed by atoms with Gasteiger partial charge in [0.1, 0.15) is 0 Å². The summed E-state index contributed by atoms with van der Waals surface area (Å²) in [6.07, 6.45) is 3.19. The highest BCUT2D eigenvalue weighted by Crippen LogP contribution is 2.18. The van der Waals surface area contributed by atoms with Crippen LogP contribution in [0.3, 0.4) is 0 Å². The van der Waals surface area contributed by atoms with E-state index in [0.717, 1.165) is 43.5 Å². The van der Waals surface area contributed by atoms with Gasteiger partial charge in [-0.3, -0.25) is 4.90 Å². The molecule has 22 heavy (non-hydrogen) atoms. The Balaban J connectivity index is 1.95. The number of piperidine rings is 1. The van der Waals surface area contributed by atoms with E-state index < -0.39 is 0 Å². The highest BCUT2D eigenvalue weighted by atomic mass is 35.5. The molecule has 0 aromatic heterocycles. The first-order valence-electron chi connectivity index (χ1n) is 8.42. The average molecular weight is 325 g/mol. The third-order valence-corrected chi connectivity index (χ3v) is 4.77. The van der Waals surface area contributed by atoms with Crippen molar-refractivity contribution in [3.63, 3.8) is 0 Å². The van der Waals surface area contributed by atoms with Crippen LogP contribution in [0.2, 0.25) is 5.02 Å². The lowest BCUT2D eigenvalue weighted by Crippen LogP contribution is -2.44. The van der Waals surface area contributed by atoms with Gasteiger partial charge in [0.2, 0.25) is 0 Å². The largest absolute Gasteiger partial charge is 0.392 e. The molecule has 0 saturated carbocycles. The van der Waals surface area contributed by atoms with Gasteiger partial charge in [-0.15, -0.1) is 0 Å². The predicted octanol–water partition coefficient (Wildman–Crippen LogP) is 2.95. The Morgan fingerprint density at radius 3 is 2.45 bits per heavy atom. The smallest absolute Gasteiger partial charge is 0.0639 e. The maximum atomic E-state index is 9.83. The third kappa shape index (κ3) is 5.88. The zero-order valence-corrected chi connectivity index (χ0v) is 14.5. The van der Waals surface area contributed by atoms with E-state index in [-0.39, 0.29) is 6.10 Å². The molecular weight excluding hydrogens is 296 g/mol. The highest BCUT2D eigenvalue weighted by Gasteiger charge is 2.22. The number of hydrogen-bond donors (Lipinski definition) is 2. The fourth-order valence-corrected chi connectivity index (χ4v) is 3.39. The summed E-state index contributed by atoms with van der Waals surface area (Å²) in [7, 11) is 0. The fraction of sp³-hybridized carbons (Fsp3) is 0.667. The van der Waals surface area contributed by atoms with Crippen molar-refractivity contribution in [3.05, 3.63) is 34.9 Å². The SMILES string of the molecule is CC(Cc1ccc(Cl)cc1)N(CC1CCNCC1)C[C@@H](C)O. The van der Waals surface area contributed by atoms with Crippen LogP contribution in [0.1, 0.15) is 32.3 Å². The lowest BCUT2D eigenvalue weighted by molar-refractivity contribution is 0.0848. The molecule has 2 rings (SSSR count). The molecule has 2 atom stereocenters. The minimum atomic E-state index is -0.283. The van der Waals surface area contributed by atoms with Gasteiger partial charge in [0.15, 0.2) is 0 Å². The van der Waals surface area contributed by atoms with Gasteiger partial charge in [0, 0.05) is 24.2 Å². The molecule has 1 fully saturated rings. The zero-order chi connectivity index (χ0) is 15.9. The van der Waals surface area contributed by atoms with Crippen LogP contribution in [0.25, 0.3) is 0 Å². The quantitative estimate of drug-likeness (QED) is 0.809. The van der Waals surface area contributed by atoms with Crippen LogP contribution in [0.5, 0.6) is 0 Å². The molecular formula is C18H29ClN2O. The van der Waals surface area contributed by atoms with Gasteiger partial charge in [-0.2, -0.15) is 0 Å². The van der Waals surface area contributed by atoms with Gasteiger partial charge in [-0.25, -0.2) is 0 Å². The maximum Gasteiger partial charge on any atom is 0.0639 e. The summed E-state index contributed by atoms with van der Waals surface area (Å²) in [6.45, 7) is 8.22. The number of rotatable bonds is 7. The number of halogens is 1. The molecule has 1 aliphatic rings. The van der Waals surface area contributed by atoms with Crippen molar-refractivity contribution in [3.8, 4) is 0 Å². The molecule has 4 heteroatoms. The van der Waals surface area contributed by atoms with Gasteiger partial charge >= 0.3 is 0 Å². The Morgan fingerprint density at radius 2 is 1.86 bits per heavy atom. The summed E-state index contributed by atoms with van der Waals surface area (Å²) < 4.78 is 0. The lowest BCUT2D eigenvalue weighted by atomic mass is 9.96. The summed E-state index contributed by atoms with van der Waals surface area (Å²) >= 11 is 5.96. The van der Waals surface area contributed by atoms with E-state index in [1.54, 1.807) is 0 Å². The van der Waals surface area contributed by atoms with Gasteiger partial charge in [0.05, 0.1) is 6.10 Å². The monoisotopic (exact) mass is 324 g/mol. The molecule has 0 bridgehead atoms. The molecule has 3 nitrogen and oxygen atoms in total. The second-order valence-electron chi connectivity index (χ2n) is 6.68. The number of nitrogens with one attached hydrogen (secondary N) is 1. The third-order valence-electron chi connectivity index (χ3n) is 4.52. The molecule has 124 valence electrons. The molecule has 1 aromatic rings. The fourth-order valence-electron chi connectivity index (χ4n) is 3.26. The van der Waals surface area contributed by atoms with Crippen molar-refractivity contribution in [1.82, 2.24) is 10.2 Å². The molecule has 2 N–H and O–H groups in total. The van der Waals surface area contributed by atoms with E-state index in [0.29, 0.717) is 6.04 Å². The van der Waals surface area contributed by atoms with E-state index in [1.165, 1.54) is 18.4 Å². The molecule has 1 aromatic carbocycles. The van der Waals surface area contributed by atoms with E-state index in [4.69, 9.17) is 11.6 Å². The van der Waals surface area contributed by atoms with Crippen molar-refractivity contribution in [2.75, 3.05) is 26.2 Å². The number of aliphatic hydroxyl groups excluding tert-OH is 1. The minimum Gasteiger partial charge on any atom is -0.392 e. The Hall–Kier alpha value is -0.610. The van der Waals surface area contributed by atoms with Crippen molar-refractivity contribution in [2.45, 2.75) is 45.3 Å². The number of hydrogen-bond acceptors (Lipinski definition) is 3. The zero-order valence-electron chi connectivity index (χ0n) is 13.8. The van der Waals surface area contributed by atoms with E-state index in [9.17, 15) is 5.11 Å². The van der Waals surface area contributed by atoms with E-state index in [1.807, 2.05) is 19.1 Å². The van der Waals surface area contributed by atoms with Crippen LogP contribution >= 0.6 is 11.6 Å². The van der Waals surface area contributed by atoms with Crippen LogP contribution in [-0.2, 0) is 6.42 Å².